The predicted octanol–water partition coefficient (Wildman–Crippen LogP) is 2.54. The molecule has 5 heteroatoms. The molecule has 0 bridgehead atoms. The van der Waals surface area contributed by atoms with Crippen LogP contribution in [0.15, 0.2) is 24.3 Å². The fraction of sp³-hybridized carbons (Fsp3) is 0.600. The van der Waals surface area contributed by atoms with Crippen molar-refractivity contribution in [3.8, 4) is 0 Å². The Morgan fingerprint density at radius 2 is 1.85 bits per heavy atom. The van der Waals surface area contributed by atoms with Crippen LogP contribution in [0, 0.1) is 6.92 Å². The molecule has 1 rings (SSSR count). The van der Waals surface area contributed by atoms with Gasteiger partial charge in [-0.05, 0) is 51.4 Å². The minimum absolute atomic E-state index is 0.209. The Bertz CT molecular complexity index is 500. The maximum absolute atomic E-state index is 12.5. The SMILES string of the molecule is CCNCCCCS(=O)(=O)N(CC)c1ccccc1C. The summed E-state index contributed by atoms with van der Waals surface area (Å²) in [5, 5.41) is 3.21. The third-order valence-electron chi connectivity index (χ3n) is 3.26. The maximum atomic E-state index is 12.5. The highest BCUT2D eigenvalue weighted by molar-refractivity contribution is 7.92. The van der Waals surface area contributed by atoms with Crippen LogP contribution in [-0.2, 0) is 10.0 Å². The summed E-state index contributed by atoms with van der Waals surface area (Å²) < 4.78 is 26.4. The molecule has 0 aromatic heterocycles. The normalized spacial score (nSPS) is 11.6. The molecule has 0 spiro atoms. The summed E-state index contributed by atoms with van der Waals surface area (Å²) in [4.78, 5) is 0. The van der Waals surface area contributed by atoms with E-state index >= 15 is 0 Å². The molecule has 0 aliphatic heterocycles. The van der Waals surface area contributed by atoms with Gasteiger partial charge in [0.2, 0.25) is 10.0 Å². The highest BCUT2D eigenvalue weighted by Gasteiger charge is 2.21. The first-order valence-corrected chi connectivity index (χ1v) is 8.90. The van der Waals surface area contributed by atoms with Crippen molar-refractivity contribution in [1.82, 2.24) is 5.32 Å². The fourth-order valence-corrected chi connectivity index (χ4v) is 3.87. The van der Waals surface area contributed by atoms with Crippen LogP contribution in [-0.4, -0.2) is 33.8 Å². The fourth-order valence-electron chi connectivity index (χ4n) is 2.18. The molecule has 4 nitrogen and oxygen atoms in total. The lowest BCUT2D eigenvalue weighted by molar-refractivity contribution is 0.584. The number of aryl methyl sites for hydroxylation is 1. The first-order chi connectivity index (χ1) is 9.53. The van der Waals surface area contributed by atoms with Crippen LogP contribution in [0.25, 0.3) is 0 Å². The van der Waals surface area contributed by atoms with Gasteiger partial charge in [-0.3, -0.25) is 4.31 Å². The number of nitrogens with one attached hydrogen (secondary N) is 1. The van der Waals surface area contributed by atoms with E-state index in [1.54, 1.807) is 0 Å². The molecule has 0 unspecified atom stereocenters. The molecule has 114 valence electrons. The summed E-state index contributed by atoms with van der Waals surface area (Å²) in [6.07, 6.45) is 1.58. The number of anilines is 1. The summed E-state index contributed by atoms with van der Waals surface area (Å²) >= 11 is 0. The molecule has 0 aliphatic carbocycles. The van der Waals surface area contributed by atoms with Gasteiger partial charge >= 0.3 is 0 Å². The lowest BCUT2D eigenvalue weighted by Gasteiger charge is -2.24. The molecule has 0 fully saturated rings. The first-order valence-electron chi connectivity index (χ1n) is 7.29. The summed E-state index contributed by atoms with van der Waals surface area (Å²) in [6.45, 7) is 8.15. The van der Waals surface area contributed by atoms with Gasteiger partial charge in [0.15, 0.2) is 0 Å². The minimum Gasteiger partial charge on any atom is -0.317 e. The molecule has 0 amide bonds. The second kappa shape index (κ2) is 8.27. The summed E-state index contributed by atoms with van der Waals surface area (Å²) in [7, 11) is -3.23. The van der Waals surface area contributed by atoms with Crippen LogP contribution in [0.3, 0.4) is 0 Å². The molecular weight excluding hydrogens is 272 g/mol. The smallest absolute Gasteiger partial charge is 0.235 e. The molecule has 1 aromatic rings. The summed E-state index contributed by atoms with van der Waals surface area (Å²) in [5.74, 6) is 0.209. The van der Waals surface area contributed by atoms with Crippen molar-refractivity contribution in [1.29, 1.82) is 0 Å². The largest absolute Gasteiger partial charge is 0.317 e. The molecule has 0 radical (unpaired) electrons. The lowest BCUT2D eigenvalue weighted by atomic mass is 10.2. The second-order valence-corrected chi connectivity index (χ2v) is 6.84. The molecule has 0 atom stereocenters. The zero-order valence-electron chi connectivity index (χ0n) is 12.7. The summed E-state index contributed by atoms with van der Waals surface area (Å²) in [5.41, 5.74) is 1.78. The molecule has 0 heterocycles. The zero-order chi connectivity index (χ0) is 15.0. The Labute approximate surface area is 123 Å². The number of hydrogen-bond donors (Lipinski definition) is 1. The van der Waals surface area contributed by atoms with Crippen LogP contribution in [0.5, 0.6) is 0 Å². The molecule has 0 aliphatic rings. The van der Waals surface area contributed by atoms with Crippen molar-refractivity contribution >= 4 is 15.7 Å². The van der Waals surface area contributed by atoms with Gasteiger partial charge in [-0.1, -0.05) is 25.1 Å². The Balaban J connectivity index is 2.71. The highest BCUT2D eigenvalue weighted by Crippen LogP contribution is 2.22. The Morgan fingerprint density at radius 1 is 1.15 bits per heavy atom. The maximum Gasteiger partial charge on any atom is 0.235 e. The molecule has 0 saturated heterocycles. The number of hydrogen-bond acceptors (Lipinski definition) is 3. The zero-order valence-corrected chi connectivity index (χ0v) is 13.5. The number of benzene rings is 1. The first kappa shape index (κ1) is 17.0. The van der Waals surface area contributed by atoms with Gasteiger partial charge in [0.25, 0.3) is 0 Å². The van der Waals surface area contributed by atoms with Crippen LogP contribution in [0.1, 0.15) is 32.3 Å². The minimum atomic E-state index is -3.23. The average molecular weight is 298 g/mol. The molecule has 20 heavy (non-hydrogen) atoms. The van der Waals surface area contributed by atoms with E-state index in [2.05, 4.69) is 5.32 Å². The number of rotatable bonds is 9. The van der Waals surface area contributed by atoms with E-state index < -0.39 is 10.0 Å². The average Bonchev–Trinajstić information content (AvgIpc) is 2.41. The van der Waals surface area contributed by atoms with E-state index in [1.165, 1.54) is 4.31 Å². The van der Waals surface area contributed by atoms with Gasteiger partial charge < -0.3 is 5.32 Å². The van der Waals surface area contributed by atoms with Gasteiger partial charge in [0, 0.05) is 6.54 Å². The second-order valence-electron chi connectivity index (χ2n) is 4.83. The van der Waals surface area contributed by atoms with Crippen LogP contribution >= 0.6 is 0 Å². The third kappa shape index (κ3) is 4.80. The van der Waals surface area contributed by atoms with E-state index in [0.717, 1.165) is 30.8 Å². The molecule has 0 saturated carbocycles. The van der Waals surface area contributed by atoms with Crippen molar-refractivity contribution in [2.75, 3.05) is 29.7 Å². The number of unbranched alkanes of at least 4 members (excludes halogenated alkanes) is 1. The summed E-state index contributed by atoms with van der Waals surface area (Å²) in [6, 6.07) is 7.62. The molecule has 1 N–H and O–H groups in total. The van der Waals surface area contributed by atoms with E-state index in [1.807, 2.05) is 45.0 Å². The van der Waals surface area contributed by atoms with Crippen molar-refractivity contribution < 1.29 is 8.42 Å². The van der Waals surface area contributed by atoms with Crippen molar-refractivity contribution in [2.45, 2.75) is 33.6 Å². The van der Waals surface area contributed by atoms with Crippen LogP contribution in [0.4, 0.5) is 5.69 Å². The van der Waals surface area contributed by atoms with Gasteiger partial charge in [-0.15, -0.1) is 0 Å². The van der Waals surface area contributed by atoms with Crippen molar-refractivity contribution in [3.63, 3.8) is 0 Å². The standard InChI is InChI=1S/C15H26N2O2S/c1-4-16-12-8-9-13-20(18,19)17(5-2)15-11-7-6-10-14(15)3/h6-7,10-11,16H,4-5,8-9,12-13H2,1-3H3. The van der Waals surface area contributed by atoms with Crippen LogP contribution in [0.2, 0.25) is 0 Å². The topological polar surface area (TPSA) is 49.4 Å². The lowest BCUT2D eigenvalue weighted by Crippen LogP contribution is -2.33. The van der Waals surface area contributed by atoms with Gasteiger partial charge in [-0.25, -0.2) is 8.42 Å². The Kier molecular flexibility index (Phi) is 7.02. The number of nitrogens with zero attached hydrogens (tertiary/aromatic N) is 1. The number of para-hydroxylation sites is 1. The van der Waals surface area contributed by atoms with Gasteiger partial charge in [0.1, 0.15) is 0 Å². The number of sulfonamides is 1. The molecular formula is C15H26N2O2S. The Hall–Kier alpha value is -1.07. The van der Waals surface area contributed by atoms with Crippen molar-refractivity contribution in [3.05, 3.63) is 29.8 Å². The van der Waals surface area contributed by atoms with Crippen molar-refractivity contribution in [2.24, 2.45) is 0 Å². The Morgan fingerprint density at radius 3 is 2.45 bits per heavy atom. The monoisotopic (exact) mass is 298 g/mol. The third-order valence-corrected chi connectivity index (χ3v) is 5.19. The quantitative estimate of drug-likeness (QED) is 0.713. The van der Waals surface area contributed by atoms with Gasteiger partial charge in [-0.2, -0.15) is 0 Å². The van der Waals surface area contributed by atoms with Crippen LogP contribution < -0.4 is 9.62 Å². The van der Waals surface area contributed by atoms with E-state index in [-0.39, 0.29) is 5.75 Å². The van der Waals surface area contributed by atoms with E-state index in [0.29, 0.717) is 13.0 Å². The van der Waals surface area contributed by atoms with Gasteiger partial charge in [0.05, 0.1) is 11.4 Å². The van der Waals surface area contributed by atoms with E-state index in [4.69, 9.17) is 0 Å². The van der Waals surface area contributed by atoms with E-state index in [9.17, 15) is 8.42 Å². The molecule has 1 aromatic carbocycles. The highest BCUT2D eigenvalue weighted by atomic mass is 32.2. The predicted molar refractivity (Wildman–Crippen MR) is 85.8 cm³/mol.